The van der Waals surface area contributed by atoms with E-state index in [1.165, 1.54) is 4.90 Å². The molecule has 6 nitrogen and oxygen atoms in total. The predicted molar refractivity (Wildman–Crippen MR) is 71.0 cm³/mol. The number of carbonyl (C=O) groups is 2. The average molecular weight is 272 g/mol. The number of rotatable bonds is 5. The zero-order valence-electron chi connectivity index (χ0n) is 11.9. The van der Waals surface area contributed by atoms with Crippen molar-refractivity contribution in [2.24, 2.45) is 5.92 Å². The van der Waals surface area contributed by atoms with Gasteiger partial charge in [-0.15, -0.1) is 0 Å². The van der Waals surface area contributed by atoms with E-state index in [0.29, 0.717) is 6.54 Å². The van der Waals surface area contributed by atoms with E-state index in [0.717, 1.165) is 25.9 Å². The zero-order valence-corrected chi connectivity index (χ0v) is 11.9. The zero-order chi connectivity index (χ0) is 14.4. The molecule has 110 valence electrons. The van der Waals surface area contributed by atoms with Gasteiger partial charge in [0.25, 0.3) is 0 Å². The molecule has 1 fully saturated rings. The van der Waals surface area contributed by atoms with Gasteiger partial charge >= 0.3 is 12.0 Å². The lowest BCUT2D eigenvalue weighted by molar-refractivity contribution is -0.140. The van der Waals surface area contributed by atoms with Gasteiger partial charge in [-0.2, -0.15) is 0 Å². The molecular weight excluding hydrogens is 248 g/mol. The Labute approximate surface area is 114 Å². The van der Waals surface area contributed by atoms with Crippen LogP contribution in [0.5, 0.6) is 0 Å². The van der Waals surface area contributed by atoms with Crippen molar-refractivity contribution < 1.29 is 19.4 Å². The van der Waals surface area contributed by atoms with Crippen molar-refractivity contribution in [1.82, 2.24) is 10.2 Å². The molecule has 0 spiro atoms. The maximum absolute atomic E-state index is 11.9. The van der Waals surface area contributed by atoms with Gasteiger partial charge in [-0.3, -0.25) is 0 Å². The normalized spacial score (nSPS) is 20.9. The number of nitrogens with zero attached hydrogens (tertiary/aromatic N) is 1. The van der Waals surface area contributed by atoms with Gasteiger partial charge in [-0.1, -0.05) is 13.8 Å². The Morgan fingerprint density at radius 1 is 1.42 bits per heavy atom. The number of likely N-dealkylation sites (N-methyl/N-ethyl adjacent to an activating group) is 1. The van der Waals surface area contributed by atoms with Crippen LogP contribution >= 0.6 is 0 Å². The molecule has 1 aliphatic rings. The standard InChI is InChI=1S/C13H24N2O4/c1-9(2)11(12(16)17)14-13(18)15(3)8-10-6-4-5-7-19-10/h9-11H,4-8H2,1-3H3,(H,14,18)(H,16,17)/t10?,11-/m0/s1. The van der Waals surface area contributed by atoms with Gasteiger partial charge in [0.2, 0.25) is 0 Å². The maximum Gasteiger partial charge on any atom is 0.326 e. The van der Waals surface area contributed by atoms with Crippen LogP contribution in [0.4, 0.5) is 4.79 Å². The van der Waals surface area contributed by atoms with Gasteiger partial charge in [0.1, 0.15) is 6.04 Å². The molecule has 0 bridgehead atoms. The number of carboxylic acids is 1. The molecule has 0 radical (unpaired) electrons. The minimum Gasteiger partial charge on any atom is -0.480 e. The van der Waals surface area contributed by atoms with Gasteiger partial charge in [-0.25, -0.2) is 9.59 Å². The fourth-order valence-corrected chi connectivity index (χ4v) is 2.10. The highest BCUT2D eigenvalue weighted by molar-refractivity contribution is 5.82. The summed E-state index contributed by atoms with van der Waals surface area (Å²) in [5, 5.41) is 11.6. The number of carboxylic acid groups (broad SMARTS) is 1. The van der Waals surface area contributed by atoms with Gasteiger partial charge in [0.15, 0.2) is 0 Å². The molecule has 1 aliphatic heterocycles. The Hall–Kier alpha value is -1.30. The third-order valence-electron chi connectivity index (χ3n) is 3.31. The number of aliphatic carboxylic acids is 1. The number of amides is 2. The minimum atomic E-state index is -1.01. The molecule has 1 rings (SSSR count). The molecule has 1 saturated heterocycles. The molecule has 0 aromatic heterocycles. The van der Waals surface area contributed by atoms with Crippen molar-refractivity contribution in [2.75, 3.05) is 20.2 Å². The van der Waals surface area contributed by atoms with Crippen LogP contribution in [0.1, 0.15) is 33.1 Å². The molecule has 0 aromatic rings. The molecule has 2 atom stereocenters. The van der Waals surface area contributed by atoms with Crippen molar-refractivity contribution in [3.05, 3.63) is 0 Å². The second-order valence-corrected chi connectivity index (χ2v) is 5.38. The van der Waals surface area contributed by atoms with E-state index in [-0.39, 0.29) is 18.1 Å². The summed E-state index contributed by atoms with van der Waals surface area (Å²) in [7, 11) is 1.66. The lowest BCUT2D eigenvalue weighted by Gasteiger charge is -2.29. The summed E-state index contributed by atoms with van der Waals surface area (Å²) in [6, 6.07) is -1.22. The summed E-state index contributed by atoms with van der Waals surface area (Å²) in [5.41, 5.74) is 0. The highest BCUT2D eigenvalue weighted by Crippen LogP contribution is 2.13. The van der Waals surface area contributed by atoms with E-state index in [4.69, 9.17) is 9.84 Å². The maximum atomic E-state index is 11.9. The smallest absolute Gasteiger partial charge is 0.326 e. The van der Waals surface area contributed by atoms with Crippen molar-refractivity contribution in [3.8, 4) is 0 Å². The highest BCUT2D eigenvalue weighted by atomic mass is 16.5. The summed E-state index contributed by atoms with van der Waals surface area (Å²) < 4.78 is 5.56. The summed E-state index contributed by atoms with van der Waals surface area (Å²) in [5.74, 6) is -1.16. The first-order valence-corrected chi connectivity index (χ1v) is 6.78. The van der Waals surface area contributed by atoms with Crippen LogP contribution in [-0.4, -0.2) is 54.4 Å². The van der Waals surface area contributed by atoms with Crippen molar-refractivity contribution >= 4 is 12.0 Å². The van der Waals surface area contributed by atoms with E-state index in [9.17, 15) is 9.59 Å². The first kappa shape index (κ1) is 15.8. The van der Waals surface area contributed by atoms with E-state index in [2.05, 4.69) is 5.32 Å². The van der Waals surface area contributed by atoms with Crippen LogP contribution in [0.2, 0.25) is 0 Å². The number of urea groups is 1. The summed E-state index contributed by atoms with van der Waals surface area (Å²) in [6.07, 6.45) is 3.20. The molecule has 2 N–H and O–H groups in total. The van der Waals surface area contributed by atoms with Crippen LogP contribution in [0.3, 0.4) is 0 Å². The van der Waals surface area contributed by atoms with Gasteiger partial charge in [0.05, 0.1) is 6.10 Å². The van der Waals surface area contributed by atoms with Gasteiger partial charge < -0.3 is 20.1 Å². The molecule has 0 aliphatic carbocycles. The third kappa shape index (κ3) is 5.06. The number of carbonyl (C=O) groups excluding carboxylic acids is 1. The Balaban J connectivity index is 2.44. The Kier molecular flexibility index (Phi) is 6.08. The summed E-state index contributed by atoms with van der Waals surface area (Å²) in [4.78, 5) is 24.5. The summed E-state index contributed by atoms with van der Waals surface area (Å²) >= 11 is 0. The van der Waals surface area contributed by atoms with E-state index in [1.807, 2.05) is 0 Å². The Morgan fingerprint density at radius 3 is 2.58 bits per heavy atom. The number of nitrogens with one attached hydrogen (secondary N) is 1. The van der Waals surface area contributed by atoms with Crippen molar-refractivity contribution in [2.45, 2.75) is 45.3 Å². The lowest BCUT2D eigenvalue weighted by atomic mass is 10.1. The molecule has 6 heteroatoms. The van der Waals surface area contributed by atoms with Crippen molar-refractivity contribution in [3.63, 3.8) is 0 Å². The van der Waals surface area contributed by atoms with Crippen LogP contribution in [0.15, 0.2) is 0 Å². The minimum absolute atomic E-state index is 0.0619. The largest absolute Gasteiger partial charge is 0.480 e. The van der Waals surface area contributed by atoms with Crippen molar-refractivity contribution in [1.29, 1.82) is 0 Å². The second kappa shape index (κ2) is 7.33. The number of hydrogen-bond donors (Lipinski definition) is 2. The molecule has 0 saturated carbocycles. The van der Waals surface area contributed by atoms with E-state index in [1.54, 1.807) is 20.9 Å². The van der Waals surface area contributed by atoms with Gasteiger partial charge in [-0.05, 0) is 25.2 Å². The quantitative estimate of drug-likeness (QED) is 0.791. The summed E-state index contributed by atoms with van der Waals surface area (Å²) in [6.45, 7) is 4.77. The first-order valence-electron chi connectivity index (χ1n) is 6.78. The predicted octanol–water partition coefficient (Wildman–Crippen LogP) is 1.31. The fourth-order valence-electron chi connectivity index (χ4n) is 2.10. The van der Waals surface area contributed by atoms with Crippen LogP contribution in [-0.2, 0) is 9.53 Å². The van der Waals surface area contributed by atoms with Gasteiger partial charge in [0, 0.05) is 20.2 Å². The molecule has 1 unspecified atom stereocenters. The lowest BCUT2D eigenvalue weighted by Crippen LogP contribution is -2.50. The Morgan fingerprint density at radius 2 is 2.11 bits per heavy atom. The molecular formula is C13H24N2O4. The second-order valence-electron chi connectivity index (χ2n) is 5.38. The molecule has 0 aromatic carbocycles. The highest BCUT2D eigenvalue weighted by Gasteiger charge is 2.26. The monoisotopic (exact) mass is 272 g/mol. The molecule has 19 heavy (non-hydrogen) atoms. The fraction of sp³-hybridized carbons (Fsp3) is 0.846. The molecule has 1 heterocycles. The van der Waals surface area contributed by atoms with Crippen LogP contribution in [0.25, 0.3) is 0 Å². The van der Waals surface area contributed by atoms with Crippen LogP contribution < -0.4 is 5.32 Å². The number of hydrogen-bond acceptors (Lipinski definition) is 3. The van der Waals surface area contributed by atoms with E-state index >= 15 is 0 Å². The Bertz CT molecular complexity index is 314. The average Bonchev–Trinajstić information content (AvgIpc) is 2.35. The first-order chi connectivity index (χ1) is 8.91. The SMILES string of the molecule is CC(C)[C@H](NC(=O)N(C)CC1CCCCO1)C(=O)O. The van der Waals surface area contributed by atoms with Crippen LogP contribution in [0, 0.1) is 5.92 Å². The third-order valence-corrected chi connectivity index (χ3v) is 3.31. The number of ether oxygens (including phenoxy) is 1. The van der Waals surface area contributed by atoms with E-state index < -0.39 is 12.0 Å². The molecule has 2 amide bonds. The topological polar surface area (TPSA) is 78.9 Å².